The maximum Gasteiger partial charge on any atom is 0.258 e. The van der Waals surface area contributed by atoms with Crippen LogP contribution < -0.4 is 5.56 Å². The molecule has 20 heavy (non-hydrogen) atoms. The predicted molar refractivity (Wildman–Crippen MR) is 87.8 cm³/mol. The largest absolute Gasteiger partial charge is 0.269 e. The van der Waals surface area contributed by atoms with E-state index in [1.165, 1.54) is 11.3 Å². The van der Waals surface area contributed by atoms with Crippen LogP contribution >= 0.6 is 39.0 Å². The van der Waals surface area contributed by atoms with Gasteiger partial charge in [0.15, 0.2) is 4.96 Å². The number of hydrogen-bond acceptors (Lipinski definition) is 4. The summed E-state index contributed by atoms with van der Waals surface area (Å²) in [4.78, 5) is 18.5. The molecule has 0 radical (unpaired) electrons. The molecule has 3 rings (SSSR count). The summed E-state index contributed by atoms with van der Waals surface area (Å²) in [6.07, 6.45) is 0. The highest BCUT2D eigenvalue weighted by molar-refractivity contribution is 9.10. The average molecular weight is 367 g/mol. The van der Waals surface area contributed by atoms with Gasteiger partial charge in [-0.25, -0.2) is 4.98 Å². The molecule has 0 atom stereocenters. The van der Waals surface area contributed by atoms with Gasteiger partial charge in [0.25, 0.3) is 5.56 Å². The highest BCUT2D eigenvalue weighted by atomic mass is 79.9. The number of rotatable bonds is 3. The van der Waals surface area contributed by atoms with Crippen molar-refractivity contribution >= 4 is 44.0 Å². The Hall–Kier alpha value is -1.11. The van der Waals surface area contributed by atoms with Gasteiger partial charge in [0.05, 0.1) is 5.69 Å². The van der Waals surface area contributed by atoms with Crippen molar-refractivity contribution in [1.82, 2.24) is 9.38 Å². The van der Waals surface area contributed by atoms with Crippen molar-refractivity contribution in [2.24, 2.45) is 0 Å². The van der Waals surface area contributed by atoms with Crippen LogP contribution in [0.3, 0.4) is 0 Å². The average Bonchev–Trinajstić information content (AvgIpc) is 2.80. The fourth-order valence-electron chi connectivity index (χ4n) is 1.89. The second-order valence-electron chi connectivity index (χ2n) is 4.30. The van der Waals surface area contributed by atoms with E-state index in [0.717, 1.165) is 25.7 Å². The van der Waals surface area contributed by atoms with Crippen LogP contribution in [0.15, 0.2) is 49.9 Å². The zero-order chi connectivity index (χ0) is 14.1. The van der Waals surface area contributed by atoms with Crippen LogP contribution in [-0.4, -0.2) is 9.38 Å². The molecule has 0 unspecified atom stereocenters. The highest BCUT2D eigenvalue weighted by Gasteiger charge is 2.07. The highest BCUT2D eigenvalue weighted by Crippen LogP contribution is 2.29. The number of fused-ring (bicyclic) bond motifs is 1. The van der Waals surface area contributed by atoms with Gasteiger partial charge in [0, 0.05) is 32.3 Å². The van der Waals surface area contributed by atoms with Gasteiger partial charge >= 0.3 is 0 Å². The number of halogens is 1. The van der Waals surface area contributed by atoms with E-state index in [0.29, 0.717) is 5.75 Å². The number of thiazole rings is 1. The molecule has 0 N–H and O–H groups in total. The maximum absolute atomic E-state index is 12.1. The van der Waals surface area contributed by atoms with Crippen molar-refractivity contribution < 1.29 is 0 Å². The minimum absolute atomic E-state index is 0.00326. The molecular weight excluding hydrogens is 356 g/mol. The summed E-state index contributed by atoms with van der Waals surface area (Å²) >= 11 is 6.69. The van der Waals surface area contributed by atoms with Gasteiger partial charge < -0.3 is 0 Å². The molecule has 2 aromatic heterocycles. The molecule has 0 saturated heterocycles. The Morgan fingerprint density at radius 1 is 1.40 bits per heavy atom. The lowest BCUT2D eigenvalue weighted by molar-refractivity contribution is 0.997. The minimum Gasteiger partial charge on any atom is -0.269 e. The Morgan fingerprint density at radius 3 is 3.00 bits per heavy atom. The van der Waals surface area contributed by atoms with Crippen LogP contribution in [0, 0.1) is 6.92 Å². The number of aromatic nitrogens is 2. The van der Waals surface area contributed by atoms with Gasteiger partial charge in [-0.05, 0) is 35.0 Å². The lowest BCUT2D eigenvalue weighted by atomic mass is 10.4. The number of thioether (sulfide) groups is 1. The smallest absolute Gasteiger partial charge is 0.258 e. The third-order valence-corrected chi connectivity index (χ3v) is 5.85. The lowest BCUT2D eigenvalue weighted by Gasteiger charge is -2.04. The van der Waals surface area contributed by atoms with Crippen molar-refractivity contribution in [3.8, 4) is 0 Å². The van der Waals surface area contributed by atoms with E-state index in [1.54, 1.807) is 22.2 Å². The predicted octanol–water partition coefficient (Wildman–Crippen LogP) is 4.12. The molecule has 0 aliphatic rings. The molecule has 0 fully saturated rings. The zero-order valence-electron chi connectivity index (χ0n) is 10.7. The van der Waals surface area contributed by atoms with Crippen molar-refractivity contribution in [3.05, 3.63) is 61.9 Å². The van der Waals surface area contributed by atoms with Crippen LogP contribution in [0.4, 0.5) is 0 Å². The van der Waals surface area contributed by atoms with Crippen LogP contribution in [0.25, 0.3) is 4.96 Å². The van der Waals surface area contributed by atoms with E-state index in [4.69, 9.17) is 0 Å². The summed E-state index contributed by atoms with van der Waals surface area (Å²) in [5.41, 5.74) is 1.75. The summed E-state index contributed by atoms with van der Waals surface area (Å²) in [5.74, 6) is 0.686. The van der Waals surface area contributed by atoms with Gasteiger partial charge in [-0.3, -0.25) is 9.20 Å². The molecule has 0 spiro atoms. The number of aryl methyl sites for hydroxylation is 1. The normalized spacial score (nSPS) is 11.1. The Morgan fingerprint density at radius 2 is 2.20 bits per heavy atom. The molecule has 0 aliphatic carbocycles. The first-order chi connectivity index (χ1) is 9.65. The standard InChI is InChI=1S/C14H11BrN2OS2/c1-9-7-20-14-16-10(6-13(18)17(9)14)8-19-12-5-3-2-4-11(12)15/h2-7H,8H2,1H3. The third kappa shape index (κ3) is 2.68. The Bertz CT molecular complexity index is 825. The first kappa shape index (κ1) is 13.9. The first-order valence-corrected chi connectivity index (χ1v) is 8.65. The van der Waals surface area contributed by atoms with E-state index in [9.17, 15) is 4.79 Å². The number of hydrogen-bond donors (Lipinski definition) is 0. The molecule has 1 aromatic carbocycles. The van der Waals surface area contributed by atoms with E-state index < -0.39 is 0 Å². The Labute approximate surface area is 132 Å². The summed E-state index contributed by atoms with van der Waals surface area (Å²) in [6, 6.07) is 9.67. The van der Waals surface area contributed by atoms with Crippen LogP contribution in [0.1, 0.15) is 11.4 Å². The second kappa shape index (κ2) is 5.71. The van der Waals surface area contributed by atoms with Gasteiger partial charge in [0.2, 0.25) is 0 Å². The molecule has 0 bridgehead atoms. The molecule has 6 heteroatoms. The van der Waals surface area contributed by atoms with E-state index in [-0.39, 0.29) is 5.56 Å². The summed E-state index contributed by atoms with van der Waals surface area (Å²) < 4.78 is 2.71. The molecule has 0 amide bonds. The number of nitrogens with zero attached hydrogens (tertiary/aromatic N) is 2. The monoisotopic (exact) mass is 366 g/mol. The van der Waals surface area contributed by atoms with Crippen LogP contribution in [-0.2, 0) is 5.75 Å². The molecule has 0 saturated carbocycles. The summed E-state index contributed by atoms with van der Waals surface area (Å²) in [6.45, 7) is 1.92. The molecule has 3 nitrogen and oxygen atoms in total. The van der Waals surface area contributed by atoms with Crippen molar-refractivity contribution in [2.75, 3.05) is 0 Å². The zero-order valence-corrected chi connectivity index (χ0v) is 13.9. The summed E-state index contributed by atoms with van der Waals surface area (Å²) in [7, 11) is 0. The molecule has 102 valence electrons. The summed E-state index contributed by atoms with van der Waals surface area (Å²) in [5, 5.41) is 1.95. The van der Waals surface area contributed by atoms with Gasteiger partial charge in [-0.15, -0.1) is 23.1 Å². The third-order valence-electron chi connectivity index (χ3n) is 2.84. The number of benzene rings is 1. The molecule has 2 heterocycles. The van der Waals surface area contributed by atoms with Crippen molar-refractivity contribution in [3.63, 3.8) is 0 Å². The van der Waals surface area contributed by atoms with Crippen LogP contribution in [0.2, 0.25) is 0 Å². The quantitative estimate of drug-likeness (QED) is 0.653. The lowest BCUT2D eigenvalue weighted by Crippen LogP contribution is -2.14. The minimum atomic E-state index is -0.00326. The van der Waals surface area contributed by atoms with E-state index >= 15 is 0 Å². The molecule has 3 aromatic rings. The fourth-order valence-corrected chi connectivity index (χ4v) is 4.24. The van der Waals surface area contributed by atoms with Crippen LogP contribution in [0.5, 0.6) is 0 Å². The van der Waals surface area contributed by atoms with Crippen molar-refractivity contribution in [1.29, 1.82) is 0 Å². The topological polar surface area (TPSA) is 34.4 Å². The van der Waals surface area contributed by atoms with Crippen molar-refractivity contribution in [2.45, 2.75) is 17.6 Å². The van der Waals surface area contributed by atoms with E-state index in [2.05, 4.69) is 27.0 Å². The Kier molecular flexibility index (Phi) is 3.96. The first-order valence-electron chi connectivity index (χ1n) is 5.99. The molecule has 0 aliphatic heterocycles. The molecular formula is C14H11BrN2OS2. The Balaban J connectivity index is 1.89. The second-order valence-corrected chi connectivity index (χ2v) is 7.01. The van der Waals surface area contributed by atoms with Gasteiger partial charge in [-0.1, -0.05) is 12.1 Å². The van der Waals surface area contributed by atoms with E-state index in [1.807, 2.05) is 30.5 Å². The van der Waals surface area contributed by atoms with Gasteiger partial charge in [-0.2, -0.15) is 0 Å². The SMILES string of the molecule is Cc1csc2nc(CSc3ccccc3Br)cc(=O)n12. The maximum atomic E-state index is 12.1. The van der Waals surface area contributed by atoms with Gasteiger partial charge in [0.1, 0.15) is 0 Å². The fraction of sp³-hybridized carbons (Fsp3) is 0.143.